The van der Waals surface area contributed by atoms with Crippen LogP contribution in [0, 0.1) is 11.3 Å². The van der Waals surface area contributed by atoms with Gasteiger partial charge in [0.15, 0.2) is 0 Å². The third-order valence-corrected chi connectivity index (χ3v) is 8.09. The zero-order chi connectivity index (χ0) is 28.8. The van der Waals surface area contributed by atoms with Crippen molar-refractivity contribution in [3.05, 3.63) is 144 Å². The maximum Gasteiger partial charge on any atom is 0.0992 e. The molecule has 0 atom stereocenters. The lowest BCUT2D eigenvalue weighted by Gasteiger charge is -2.15. The van der Waals surface area contributed by atoms with E-state index in [2.05, 4.69) is 112 Å². The van der Waals surface area contributed by atoms with Crippen molar-refractivity contribution in [2.75, 3.05) is 0 Å². The van der Waals surface area contributed by atoms with Crippen molar-refractivity contribution in [2.24, 2.45) is 0 Å². The molecule has 0 radical (unpaired) electrons. The highest BCUT2D eigenvalue weighted by atomic mass is 15.0. The van der Waals surface area contributed by atoms with E-state index < -0.39 is 0 Å². The van der Waals surface area contributed by atoms with Gasteiger partial charge in [0.1, 0.15) is 0 Å². The molecule has 1 aliphatic heterocycles. The van der Waals surface area contributed by atoms with Gasteiger partial charge in [-0.25, -0.2) is 4.98 Å². The predicted octanol–water partition coefficient (Wildman–Crippen LogP) is 8.52. The largest absolute Gasteiger partial charge is 0.387 e. The predicted molar refractivity (Wildman–Crippen MR) is 173 cm³/mol. The summed E-state index contributed by atoms with van der Waals surface area (Å²) in [4.78, 5) is 9.71. The number of nitriles is 1. The smallest absolute Gasteiger partial charge is 0.0992 e. The van der Waals surface area contributed by atoms with E-state index in [4.69, 9.17) is 4.98 Å². The molecule has 3 aromatic heterocycles. The Morgan fingerprint density at radius 2 is 1.53 bits per heavy atom. The number of nitrogens with one attached hydrogen (secondary N) is 1. The molecule has 0 amide bonds. The van der Waals surface area contributed by atoms with Crippen molar-refractivity contribution in [2.45, 2.75) is 6.54 Å². The van der Waals surface area contributed by atoms with Gasteiger partial charge in [0.25, 0.3) is 0 Å². The van der Waals surface area contributed by atoms with Crippen LogP contribution >= 0.6 is 0 Å². The second-order valence-corrected chi connectivity index (χ2v) is 10.7. The number of pyridine rings is 2. The normalized spacial score (nSPS) is 12.2. The Kier molecular flexibility index (Phi) is 5.84. The Balaban J connectivity index is 1.36. The average molecular weight is 552 g/mol. The molecule has 0 aliphatic carbocycles. The molecule has 4 heterocycles. The SMILES string of the molecule is N#Cc1cc(-c2cc(-c3ccc4ccccc4c3)cc(-c3ccccn3)n2)cc(-n2c3c(c4ccccc42)CNC=C3)c1. The molecular weight excluding hydrogens is 526 g/mol. The molecule has 5 nitrogen and oxygen atoms in total. The lowest BCUT2D eigenvalue weighted by atomic mass is 9.98. The number of hydrogen-bond donors (Lipinski definition) is 1. The summed E-state index contributed by atoms with van der Waals surface area (Å²) in [7, 11) is 0. The molecule has 43 heavy (non-hydrogen) atoms. The summed E-state index contributed by atoms with van der Waals surface area (Å²) in [5, 5.41) is 17.1. The molecule has 0 bridgehead atoms. The highest BCUT2D eigenvalue weighted by Crippen LogP contribution is 2.36. The van der Waals surface area contributed by atoms with Crippen LogP contribution in [0.2, 0.25) is 0 Å². The summed E-state index contributed by atoms with van der Waals surface area (Å²) < 4.78 is 2.25. The van der Waals surface area contributed by atoms with Crippen LogP contribution in [0.5, 0.6) is 0 Å². The number of nitrogens with zero attached hydrogens (tertiary/aromatic N) is 4. The van der Waals surface area contributed by atoms with Crippen molar-refractivity contribution in [1.29, 1.82) is 5.26 Å². The minimum atomic E-state index is 0.578. The van der Waals surface area contributed by atoms with Gasteiger partial charge in [0.05, 0.1) is 39.9 Å². The van der Waals surface area contributed by atoms with Crippen molar-refractivity contribution >= 4 is 27.8 Å². The Morgan fingerprint density at radius 3 is 2.42 bits per heavy atom. The van der Waals surface area contributed by atoms with Gasteiger partial charge >= 0.3 is 0 Å². The minimum Gasteiger partial charge on any atom is -0.387 e. The molecule has 0 saturated carbocycles. The van der Waals surface area contributed by atoms with Crippen LogP contribution in [-0.4, -0.2) is 14.5 Å². The molecule has 8 rings (SSSR count). The Morgan fingerprint density at radius 1 is 0.698 bits per heavy atom. The molecule has 202 valence electrons. The Labute approximate surface area is 249 Å². The molecule has 0 fully saturated rings. The van der Waals surface area contributed by atoms with Gasteiger partial charge < -0.3 is 9.88 Å². The molecule has 0 unspecified atom stereocenters. The van der Waals surface area contributed by atoms with Crippen LogP contribution in [0.15, 0.2) is 128 Å². The lowest BCUT2D eigenvalue weighted by Crippen LogP contribution is -2.11. The van der Waals surface area contributed by atoms with Gasteiger partial charge in [0, 0.05) is 34.9 Å². The topological polar surface area (TPSA) is 66.5 Å². The maximum absolute atomic E-state index is 10.1. The first-order chi connectivity index (χ1) is 21.2. The van der Waals surface area contributed by atoms with Crippen molar-refractivity contribution in [3.8, 4) is 45.5 Å². The molecule has 0 saturated heterocycles. The fraction of sp³-hybridized carbons (Fsp3) is 0.0263. The first-order valence-corrected chi connectivity index (χ1v) is 14.3. The maximum atomic E-state index is 10.1. The van der Waals surface area contributed by atoms with Crippen molar-refractivity contribution in [3.63, 3.8) is 0 Å². The van der Waals surface area contributed by atoms with E-state index in [0.29, 0.717) is 5.56 Å². The van der Waals surface area contributed by atoms with Gasteiger partial charge in [-0.1, -0.05) is 60.7 Å². The zero-order valence-corrected chi connectivity index (χ0v) is 23.2. The number of aromatic nitrogens is 3. The zero-order valence-electron chi connectivity index (χ0n) is 23.2. The van der Waals surface area contributed by atoms with Crippen LogP contribution in [0.3, 0.4) is 0 Å². The summed E-state index contributed by atoms with van der Waals surface area (Å²) in [5.41, 5.74) is 10.3. The lowest BCUT2D eigenvalue weighted by molar-refractivity contribution is 0.855. The van der Waals surface area contributed by atoms with Crippen molar-refractivity contribution < 1.29 is 0 Å². The van der Waals surface area contributed by atoms with Crippen molar-refractivity contribution in [1.82, 2.24) is 19.9 Å². The molecule has 5 heteroatoms. The molecule has 1 N–H and O–H groups in total. The highest BCUT2D eigenvalue weighted by Gasteiger charge is 2.19. The van der Waals surface area contributed by atoms with E-state index in [9.17, 15) is 5.26 Å². The number of benzene rings is 4. The van der Waals surface area contributed by atoms with Gasteiger partial charge in [-0.3, -0.25) is 4.98 Å². The first kappa shape index (κ1) is 24.8. The molecule has 1 aliphatic rings. The van der Waals surface area contributed by atoms with E-state index in [-0.39, 0.29) is 0 Å². The van der Waals surface area contributed by atoms with E-state index >= 15 is 0 Å². The number of para-hydroxylation sites is 1. The molecular formula is C38H25N5. The van der Waals surface area contributed by atoms with E-state index in [0.717, 1.165) is 57.2 Å². The first-order valence-electron chi connectivity index (χ1n) is 14.3. The number of fused-ring (bicyclic) bond motifs is 4. The van der Waals surface area contributed by atoms with Gasteiger partial charge in [0.2, 0.25) is 0 Å². The fourth-order valence-corrected chi connectivity index (χ4v) is 6.08. The quantitative estimate of drug-likeness (QED) is 0.238. The highest BCUT2D eigenvalue weighted by molar-refractivity contribution is 5.91. The molecule has 7 aromatic rings. The van der Waals surface area contributed by atoms with Gasteiger partial charge in [-0.2, -0.15) is 5.26 Å². The third-order valence-electron chi connectivity index (χ3n) is 8.09. The third kappa shape index (κ3) is 4.34. The number of rotatable bonds is 4. The average Bonchev–Trinajstić information content (AvgIpc) is 3.42. The Hall–Kier alpha value is -5.99. The standard InChI is InChI=1S/C38H25N5/c39-23-25-17-30(20-31(18-25)43-37-11-4-3-9-32(37)33-24-40-16-14-38(33)43)35-21-29(22-36(42-35)34-10-5-6-15-41-34)28-13-12-26-7-1-2-8-27(26)19-28/h1-22,40H,24H2. The minimum absolute atomic E-state index is 0.578. The van der Waals surface area contributed by atoms with Crippen LogP contribution < -0.4 is 5.32 Å². The summed E-state index contributed by atoms with van der Waals surface area (Å²) >= 11 is 0. The van der Waals surface area contributed by atoms with Crippen LogP contribution in [0.4, 0.5) is 0 Å². The summed E-state index contributed by atoms with van der Waals surface area (Å²) in [6.07, 6.45) is 5.88. The second kappa shape index (κ2) is 10.1. The second-order valence-electron chi connectivity index (χ2n) is 10.7. The summed E-state index contributed by atoms with van der Waals surface area (Å²) in [5.74, 6) is 0. The molecule has 0 spiro atoms. The summed E-state index contributed by atoms with van der Waals surface area (Å²) in [6, 6.07) is 41.8. The van der Waals surface area contributed by atoms with E-state index in [1.54, 1.807) is 6.20 Å². The Bertz CT molecular complexity index is 2250. The van der Waals surface area contributed by atoms with Gasteiger partial charge in [-0.15, -0.1) is 0 Å². The number of hydrogen-bond acceptors (Lipinski definition) is 4. The van der Waals surface area contributed by atoms with Crippen LogP contribution in [0.25, 0.3) is 67.2 Å². The molecule has 4 aromatic carbocycles. The van der Waals surface area contributed by atoms with Gasteiger partial charge in [-0.05, 0) is 88.8 Å². The monoisotopic (exact) mass is 551 g/mol. The fourth-order valence-electron chi connectivity index (χ4n) is 6.08. The van der Waals surface area contributed by atoms with Crippen LogP contribution in [-0.2, 0) is 6.54 Å². The van der Waals surface area contributed by atoms with E-state index in [1.807, 2.05) is 36.5 Å². The van der Waals surface area contributed by atoms with Crippen LogP contribution in [0.1, 0.15) is 16.8 Å². The van der Waals surface area contributed by atoms with E-state index in [1.165, 1.54) is 21.7 Å². The summed E-state index contributed by atoms with van der Waals surface area (Å²) in [6.45, 7) is 0.757.